The van der Waals surface area contributed by atoms with Crippen LogP contribution in [0.5, 0.6) is 0 Å². The summed E-state index contributed by atoms with van der Waals surface area (Å²) >= 11 is 0. The van der Waals surface area contributed by atoms with Crippen LogP contribution in [0.15, 0.2) is 55.0 Å². The zero-order valence-electron chi connectivity index (χ0n) is 12.4. The molecule has 112 valence electrons. The average Bonchev–Trinajstić information content (AvgIpc) is 2.95. The number of benzene rings is 2. The van der Waals surface area contributed by atoms with Crippen LogP contribution in [-0.4, -0.2) is 21.6 Å². The van der Waals surface area contributed by atoms with Gasteiger partial charge in [-0.15, -0.1) is 0 Å². The monoisotopic (exact) mass is 294 g/mol. The number of anilines is 1. The highest BCUT2D eigenvalue weighted by atomic mass is 16.2. The highest BCUT2D eigenvalue weighted by molar-refractivity contribution is 5.94. The summed E-state index contributed by atoms with van der Waals surface area (Å²) in [5.41, 5.74) is 7.30. The van der Waals surface area contributed by atoms with Crippen LogP contribution in [0, 0.1) is 0 Å². The van der Waals surface area contributed by atoms with E-state index in [0.717, 1.165) is 22.2 Å². The Morgan fingerprint density at radius 1 is 1.27 bits per heavy atom. The Balaban J connectivity index is 1.76. The van der Waals surface area contributed by atoms with Crippen LogP contribution < -0.4 is 11.1 Å². The van der Waals surface area contributed by atoms with Gasteiger partial charge < -0.3 is 11.1 Å². The molecule has 0 unspecified atom stereocenters. The van der Waals surface area contributed by atoms with E-state index in [1.807, 2.05) is 49.4 Å². The van der Waals surface area contributed by atoms with Crippen LogP contribution in [0.3, 0.4) is 0 Å². The maximum atomic E-state index is 12.2. The number of nitrogens with two attached hydrogens (primary N) is 1. The molecule has 0 fully saturated rings. The van der Waals surface area contributed by atoms with Crippen molar-refractivity contribution in [3.8, 4) is 0 Å². The van der Waals surface area contributed by atoms with Crippen molar-refractivity contribution < 1.29 is 4.79 Å². The second-order valence-corrected chi connectivity index (χ2v) is 5.45. The van der Waals surface area contributed by atoms with Gasteiger partial charge in [-0.25, -0.2) is 9.78 Å². The molecule has 22 heavy (non-hydrogen) atoms. The molecule has 0 aliphatic heterocycles. The zero-order chi connectivity index (χ0) is 15.5. The fourth-order valence-corrected chi connectivity index (χ4v) is 2.37. The Morgan fingerprint density at radius 3 is 2.82 bits per heavy atom. The Morgan fingerprint density at radius 2 is 2.05 bits per heavy atom. The van der Waals surface area contributed by atoms with Crippen molar-refractivity contribution in [2.75, 3.05) is 5.32 Å². The van der Waals surface area contributed by atoms with E-state index in [1.54, 1.807) is 6.20 Å². The lowest BCUT2D eigenvalue weighted by atomic mass is 10.1. The molecule has 1 heterocycles. The summed E-state index contributed by atoms with van der Waals surface area (Å²) in [6.07, 6.45) is 3.87. The lowest BCUT2D eigenvalue weighted by Gasteiger charge is -2.06. The highest BCUT2D eigenvalue weighted by Crippen LogP contribution is 2.19. The first kappa shape index (κ1) is 14.3. The molecule has 3 rings (SSSR count). The van der Waals surface area contributed by atoms with Gasteiger partial charge in [0.25, 0.3) is 0 Å². The number of rotatable bonds is 3. The number of hydrogen-bond donors (Lipinski definition) is 2. The van der Waals surface area contributed by atoms with E-state index in [2.05, 4.69) is 10.3 Å². The molecule has 0 radical (unpaired) electrons. The minimum atomic E-state index is -0.237. The van der Waals surface area contributed by atoms with Crippen molar-refractivity contribution in [3.05, 3.63) is 60.7 Å². The van der Waals surface area contributed by atoms with E-state index >= 15 is 0 Å². The zero-order valence-corrected chi connectivity index (χ0v) is 12.4. The van der Waals surface area contributed by atoms with Gasteiger partial charge in [0.05, 0.1) is 5.69 Å². The lowest BCUT2D eigenvalue weighted by Crippen LogP contribution is -2.19. The molecule has 3 N–H and O–H groups in total. The topological polar surface area (TPSA) is 72.9 Å². The smallest absolute Gasteiger partial charge is 0.328 e. The molecule has 0 spiro atoms. The molecule has 3 aromatic rings. The molecule has 0 bridgehead atoms. The van der Waals surface area contributed by atoms with Crippen LogP contribution >= 0.6 is 0 Å². The normalized spacial score (nSPS) is 12.3. The molecule has 5 heteroatoms. The molecule has 0 aliphatic rings. The third-order valence-corrected chi connectivity index (χ3v) is 3.40. The van der Waals surface area contributed by atoms with E-state index in [0.29, 0.717) is 6.42 Å². The van der Waals surface area contributed by atoms with Crippen LogP contribution in [0.4, 0.5) is 10.5 Å². The summed E-state index contributed by atoms with van der Waals surface area (Å²) in [5, 5.41) is 5.10. The number of aromatic nitrogens is 2. The molecular formula is C17H18N4O. The first-order valence-electron chi connectivity index (χ1n) is 7.20. The summed E-state index contributed by atoms with van der Waals surface area (Å²) in [6, 6.07) is 13.6. The Labute approximate surface area is 128 Å². The van der Waals surface area contributed by atoms with Crippen LogP contribution in [-0.2, 0) is 6.42 Å². The van der Waals surface area contributed by atoms with Gasteiger partial charge in [-0.3, -0.25) is 4.57 Å². The maximum Gasteiger partial charge on any atom is 0.331 e. The largest absolute Gasteiger partial charge is 0.331 e. The van der Waals surface area contributed by atoms with Gasteiger partial charge in [0.15, 0.2) is 0 Å². The summed E-state index contributed by atoms with van der Waals surface area (Å²) in [6.45, 7) is 1.91. The van der Waals surface area contributed by atoms with Gasteiger partial charge in [-0.1, -0.05) is 30.3 Å². The van der Waals surface area contributed by atoms with Gasteiger partial charge >= 0.3 is 6.03 Å². The summed E-state index contributed by atoms with van der Waals surface area (Å²) in [4.78, 5) is 16.4. The molecule has 5 nitrogen and oxygen atoms in total. The lowest BCUT2D eigenvalue weighted by molar-refractivity contribution is 0.253. The Hall–Kier alpha value is -2.66. The number of carbonyl (C=O) groups excluding carboxylic acids is 1. The third-order valence-electron chi connectivity index (χ3n) is 3.40. The molecule has 0 saturated heterocycles. The SMILES string of the molecule is C[C@@H](N)Cc1cn(C(=O)Nc2ccc3ccccc3c2)cn1. The number of nitrogens with zero attached hydrogens (tertiary/aromatic N) is 2. The fraction of sp³-hybridized carbons (Fsp3) is 0.176. The summed E-state index contributed by atoms with van der Waals surface area (Å²) in [5.74, 6) is 0. The Kier molecular flexibility index (Phi) is 3.89. The van der Waals surface area contributed by atoms with Gasteiger partial charge in [-0.2, -0.15) is 0 Å². The molecule has 0 saturated carbocycles. The van der Waals surface area contributed by atoms with Crippen LogP contribution in [0.1, 0.15) is 12.6 Å². The maximum absolute atomic E-state index is 12.2. The van der Waals surface area contributed by atoms with Crippen molar-refractivity contribution in [2.45, 2.75) is 19.4 Å². The minimum Gasteiger partial charge on any atom is -0.328 e. The first-order valence-corrected chi connectivity index (χ1v) is 7.20. The van der Waals surface area contributed by atoms with Gasteiger partial charge in [-0.05, 0) is 29.8 Å². The molecule has 1 amide bonds. The van der Waals surface area contributed by atoms with Crippen molar-refractivity contribution >= 4 is 22.5 Å². The molecular weight excluding hydrogens is 276 g/mol. The van der Waals surface area contributed by atoms with Crippen LogP contribution in [0.2, 0.25) is 0 Å². The van der Waals surface area contributed by atoms with Gasteiger partial charge in [0, 0.05) is 24.3 Å². The van der Waals surface area contributed by atoms with Crippen molar-refractivity contribution in [1.82, 2.24) is 9.55 Å². The van der Waals surface area contributed by atoms with Crippen molar-refractivity contribution in [2.24, 2.45) is 5.73 Å². The predicted octanol–water partition coefficient (Wildman–Crippen LogP) is 3.01. The number of hydrogen-bond acceptors (Lipinski definition) is 3. The standard InChI is InChI=1S/C17H18N4O/c1-12(18)8-16-10-21(11-19-16)17(22)20-15-7-6-13-4-2-3-5-14(13)9-15/h2-7,9-12H,8,18H2,1H3,(H,20,22)/t12-/m1/s1. The second-order valence-electron chi connectivity index (χ2n) is 5.45. The first-order chi connectivity index (χ1) is 10.6. The van der Waals surface area contributed by atoms with E-state index < -0.39 is 0 Å². The average molecular weight is 294 g/mol. The van der Waals surface area contributed by atoms with E-state index in [1.165, 1.54) is 10.9 Å². The van der Waals surface area contributed by atoms with E-state index in [9.17, 15) is 4.79 Å². The molecule has 1 aromatic heterocycles. The number of nitrogens with one attached hydrogen (secondary N) is 1. The summed E-state index contributed by atoms with van der Waals surface area (Å²) in [7, 11) is 0. The molecule has 2 aromatic carbocycles. The van der Waals surface area contributed by atoms with Gasteiger partial charge in [0.1, 0.15) is 6.33 Å². The number of carbonyl (C=O) groups is 1. The minimum absolute atomic E-state index is 0.0203. The molecule has 1 atom stereocenters. The van der Waals surface area contributed by atoms with Crippen molar-refractivity contribution in [3.63, 3.8) is 0 Å². The quantitative estimate of drug-likeness (QED) is 0.780. The van der Waals surface area contributed by atoms with E-state index in [-0.39, 0.29) is 12.1 Å². The molecule has 0 aliphatic carbocycles. The number of imidazole rings is 1. The van der Waals surface area contributed by atoms with Crippen LogP contribution in [0.25, 0.3) is 10.8 Å². The summed E-state index contributed by atoms with van der Waals surface area (Å²) < 4.78 is 1.44. The highest BCUT2D eigenvalue weighted by Gasteiger charge is 2.08. The third kappa shape index (κ3) is 3.15. The van der Waals surface area contributed by atoms with Crippen molar-refractivity contribution in [1.29, 1.82) is 0 Å². The van der Waals surface area contributed by atoms with E-state index in [4.69, 9.17) is 5.73 Å². The fourth-order valence-electron chi connectivity index (χ4n) is 2.37. The number of amides is 1. The predicted molar refractivity (Wildman–Crippen MR) is 87.9 cm³/mol. The second kappa shape index (κ2) is 5.99. The number of fused-ring (bicyclic) bond motifs is 1. The Bertz CT molecular complexity index is 807. The van der Waals surface area contributed by atoms with Gasteiger partial charge in [0.2, 0.25) is 0 Å².